The van der Waals surface area contributed by atoms with Gasteiger partial charge in [-0.3, -0.25) is 9.78 Å². The van der Waals surface area contributed by atoms with Gasteiger partial charge in [0.25, 0.3) is 5.91 Å². The van der Waals surface area contributed by atoms with Crippen LogP contribution < -0.4 is 5.32 Å². The van der Waals surface area contributed by atoms with Crippen LogP contribution in [0.2, 0.25) is 0 Å². The van der Waals surface area contributed by atoms with Crippen LogP contribution >= 0.6 is 31.9 Å². The molecule has 0 unspecified atom stereocenters. The lowest BCUT2D eigenvalue weighted by atomic mass is 10.0. The summed E-state index contributed by atoms with van der Waals surface area (Å²) in [7, 11) is 0. The fraction of sp³-hybridized carbons (Fsp3) is 0.538. The minimum atomic E-state index is -0.256. The maximum absolute atomic E-state index is 12.3. The number of halogens is 2. The van der Waals surface area contributed by atoms with Gasteiger partial charge in [-0.05, 0) is 32.4 Å². The molecule has 1 heterocycles. The minimum Gasteiger partial charge on any atom is -0.345 e. The Kier molecular flexibility index (Phi) is 5.79. The van der Waals surface area contributed by atoms with Crippen LogP contribution in [0.1, 0.15) is 35.1 Å². The van der Waals surface area contributed by atoms with E-state index in [-0.39, 0.29) is 11.4 Å². The molecule has 0 fully saturated rings. The largest absolute Gasteiger partial charge is 0.345 e. The number of rotatable bonds is 5. The Morgan fingerprint density at radius 2 is 1.94 bits per heavy atom. The highest BCUT2D eigenvalue weighted by Gasteiger charge is 2.28. The molecule has 0 bridgehead atoms. The average molecular weight is 378 g/mol. The number of carbonyl (C=O) groups excluding carboxylic acids is 1. The molecule has 5 heteroatoms. The lowest BCUT2D eigenvalue weighted by molar-refractivity contribution is 0.0914. The molecule has 1 N–H and O–H groups in total. The van der Waals surface area contributed by atoms with Gasteiger partial charge in [-0.2, -0.15) is 0 Å². The first-order valence-corrected chi connectivity index (χ1v) is 8.11. The molecular formula is C13H18Br2N2O. The monoisotopic (exact) mass is 376 g/mol. The van der Waals surface area contributed by atoms with Gasteiger partial charge in [0.1, 0.15) is 0 Å². The van der Waals surface area contributed by atoms with E-state index >= 15 is 0 Å². The van der Waals surface area contributed by atoms with E-state index in [4.69, 9.17) is 0 Å². The maximum Gasteiger partial charge on any atom is 0.253 e. The molecule has 18 heavy (non-hydrogen) atoms. The molecule has 3 nitrogen and oxygen atoms in total. The summed E-state index contributed by atoms with van der Waals surface area (Å²) in [5, 5.41) is 4.51. The number of hydrogen-bond acceptors (Lipinski definition) is 2. The topological polar surface area (TPSA) is 42.0 Å². The Labute approximate surface area is 125 Å². The molecule has 1 rings (SSSR count). The van der Waals surface area contributed by atoms with Gasteiger partial charge in [-0.15, -0.1) is 0 Å². The van der Waals surface area contributed by atoms with Crippen molar-refractivity contribution >= 4 is 37.8 Å². The van der Waals surface area contributed by atoms with E-state index in [1.807, 2.05) is 26.0 Å². The van der Waals surface area contributed by atoms with E-state index in [1.54, 1.807) is 0 Å². The second kappa shape index (κ2) is 6.66. The molecule has 0 aliphatic heterocycles. The summed E-state index contributed by atoms with van der Waals surface area (Å²) in [4.78, 5) is 16.6. The minimum absolute atomic E-state index is 0.0687. The van der Waals surface area contributed by atoms with E-state index in [2.05, 4.69) is 49.1 Å². The summed E-state index contributed by atoms with van der Waals surface area (Å²) in [6.07, 6.45) is 0.855. The van der Waals surface area contributed by atoms with Gasteiger partial charge in [0.15, 0.2) is 0 Å². The summed E-state index contributed by atoms with van der Waals surface area (Å²) in [6, 6.07) is 3.69. The van der Waals surface area contributed by atoms with Crippen LogP contribution in [0.4, 0.5) is 0 Å². The molecule has 100 valence electrons. The Morgan fingerprint density at radius 3 is 2.39 bits per heavy atom. The number of nitrogens with one attached hydrogen (secondary N) is 1. The van der Waals surface area contributed by atoms with Crippen molar-refractivity contribution in [3.63, 3.8) is 0 Å². The maximum atomic E-state index is 12.3. The first-order valence-electron chi connectivity index (χ1n) is 5.86. The third-order valence-electron chi connectivity index (χ3n) is 3.04. The van der Waals surface area contributed by atoms with E-state index in [1.165, 1.54) is 0 Å². The predicted molar refractivity (Wildman–Crippen MR) is 81.8 cm³/mol. The fourth-order valence-corrected chi connectivity index (χ4v) is 3.62. The van der Waals surface area contributed by atoms with Crippen molar-refractivity contribution in [1.82, 2.24) is 10.3 Å². The van der Waals surface area contributed by atoms with Crippen LogP contribution in [-0.2, 0) is 0 Å². The highest BCUT2D eigenvalue weighted by atomic mass is 79.9. The van der Waals surface area contributed by atoms with E-state index in [9.17, 15) is 4.79 Å². The second-order valence-corrected chi connectivity index (χ2v) is 5.56. The van der Waals surface area contributed by atoms with Crippen molar-refractivity contribution in [1.29, 1.82) is 0 Å². The number of amides is 1. The van der Waals surface area contributed by atoms with Gasteiger partial charge in [0.2, 0.25) is 0 Å². The van der Waals surface area contributed by atoms with Gasteiger partial charge in [0.05, 0.1) is 16.8 Å². The number of nitrogens with zero attached hydrogens (tertiary/aromatic N) is 1. The van der Waals surface area contributed by atoms with E-state index < -0.39 is 0 Å². The number of aromatic nitrogens is 1. The quantitative estimate of drug-likeness (QED) is 0.799. The average Bonchev–Trinajstić information content (AvgIpc) is 2.36. The number of carbonyl (C=O) groups is 1. The van der Waals surface area contributed by atoms with Crippen LogP contribution in [0.5, 0.6) is 0 Å². The van der Waals surface area contributed by atoms with Crippen LogP contribution in [-0.4, -0.2) is 27.1 Å². The number of alkyl halides is 2. The van der Waals surface area contributed by atoms with Crippen molar-refractivity contribution in [2.24, 2.45) is 0 Å². The fourth-order valence-electron chi connectivity index (χ4n) is 1.61. The predicted octanol–water partition coefficient (Wildman–Crippen LogP) is 3.37. The summed E-state index contributed by atoms with van der Waals surface area (Å²) in [5.41, 5.74) is 2.07. The summed E-state index contributed by atoms with van der Waals surface area (Å²) in [5.74, 6) is -0.0687. The molecule has 0 spiro atoms. The first-order chi connectivity index (χ1) is 8.48. The van der Waals surface area contributed by atoms with Gasteiger partial charge in [-0.25, -0.2) is 0 Å². The van der Waals surface area contributed by atoms with Gasteiger partial charge < -0.3 is 5.32 Å². The normalized spacial score (nSPS) is 11.4. The highest BCUT2D eigenvalue weighted by Crippen LogP contribution is 2.18. The zero-order valence-electron chi connectivity index (χ0n) is 10.9. The summed E-state index contributed by atoms with van der Waals surface area (Å²) < 4.78 is 0. The lowest BCUT2D eigenvalue weighted by Gasteiger charge is -2.30. The van der Waals surface area contributed by atoms with Crippen molar-refractivity contribution in [2.45, 2.75) is 32.7 Å². The third-order valence-corrected chi connectivity index (χ3v) is 5.18. The Morgan fingerprint density at radius 1 is 1.33 bits per heavy atom. The molecule has 0 saturated heterocycles. The van der Waals surface area contributed by atoms with Crippen molar-refractivity contribution in [3.8, 4) is 0 Å². The SMILES string of the molecule is CCC(CBr)(CBr)NC(=O)c1ccc(C)nc1C. The Bertz CT molecular complexity index is 423. The zero-order chi connectivity index (χ0) is 13.8. The first kappa shape index (κ1) is 15.6. The standard InChI is InChI=1S/C13H18Br2N2O/c1-4-13(7-14,8-15)17-12(18)11-6-5-9(2)16-10(11)3/h5-6H,4,7-8H2,1-3H3,(H,17,18). The molecule has 0 aliphatic carbocycles. The van der Waals surface area contributed by atoms with Crippen LogP contribution in [0, 0.1) is 13.8 Å². The molecule has 1 aromatic heterocycles. The molecule has 0 aliphatic rings. The van der Waals surface area contributed by atoms with Crippen LogP contribution in [0.15, 0.2) is 12.1 Å². The number of hydrogen-bond donors (Lipinski definition) is 1. The molecular weight excluding hydrogens is 360 g/mol. The molecule has 0 atom stereocenters. The van der Waals surface area contributed by atoms with E-state index in [0.717, 1.165) is 17.8 Å². The van der Waals surface area contributed by atoms with Crippen molar-refractivity contribution < 1.29 is 4.79 Å². The number of pyridine rings is 1. The molecule has 0 radical (unpaired) electrons. The van der Waals surface area contributed by atoms with Crippen LogP contribution in [0.25, 0.3) is 0 Å². The third kappa shape index (κ3) is 3.54. The van der Waals surface area contributed by atoms with Crippen molar-refractivity contribution in [2.75, 3.05) is 10.7 Å². The van der Waals surface area contributed by atoms with Gasteiger partial charge >= 0.3 is 0 Å². The molecule has 0 aromatic carbocycles. The highest BCUT2D eigenvalue weighted by molar-refractivity contribution is 9.09. The Balaban J connectivity index is 2.94. The Hall–Kier alpha value is -0.420. The van der Waals surface area contributed by atoms with Gasteiger partial charge in [0, 0.05) is 16.4 Å². The van der Waals surface area contributed by atoms with Crippen LogP contribution in [0.3, 0.4) is 0 Å². The van der Waals surface area contributed by atoms with Gasteiger partial charge in [-0.1, -0.05) is 38.8 Å². The van der Waals surface area contributed by atoms with E-state index in [0.29, 0.717) is 16.2 Å². The smallest absolute Gasteiger partial charge is 0.253 e. The summed E-state index contributed by atoms with van der Waals surface area (Å²) in [6.45, 7) is 5.84. The molecule has 0 saturated carbocycles. The van der Waals surface area contributed by atoms with Crippen molar-refractivity contribution in [3.05, 3.63) is 29.1 Å². The zero-order valence-corrected chi connectivity index (χ0v) is 14.1. The lowest BCUT2D eigenvalue weighted by Crippen LogP contribution is -2.51. The second-order valence-electron chi connectivity index (χ2n) is 4.44. The molecule has 1 aromatic rings. The number of aryl methyl sites for hydroxylation is 2. The molecule has 1 amide bonds. The summed E-state index contributed by atoms with van der Waals surface area (Å²) >= 11 is 6.93.